The molecule has 1 aromatic heterocycles. The van der Waals surface area contributed by atoms with Gasteiger partial charge in [-0.15, -0.1) is 0 Å². The number of alkyl halides is 6. The van der Waals surface area contributed by atoms with Crippen molar-refractivity contribution in [2.75, 3.05) is 0 Å². The van der Waals surface area contributed by atoms with Crippen molar-refractivity contribution < 1.29 is 36.2 Å². The number of carbonyl (C=O) groups is 1. The fraction of sp³-hybridized carbons (Fsp3) is 0.294. The van der Waals surface area contributed by atoms with Gasteiger partial charge in [-0.2, -0.15) is 26.3 Å². The van der Waals surface area contributed by atoms with Crippen molar-refractivity contribution in [2.24, 2.45) is 0 Å². The summed E-state index contributed by atoms with van der Waals surface area (Å²) in [5.74, 6) is 0. The Hall–Kier alpha value is -2.42. The highest BCUT2D eigenvalue weighted by Gasteiger charge is 2.71. The number of carbonyl (C=O) groups excluding carboxylic acids is 1. The Morgan fingerprint density at radius 3 is 2.08 bits per heavy atom. The molecule has 0 atom stereocenters. The second-order valence-corrected chi connectivity index (χ2v) is 5.53. The van der Waals surface area contributed by atoms with E-state index in [1.54, 1.807) is 13.0 Å². The van der Waals surface area contributed by atoms with Crippen molar-refractivity contribution in [1.29, 1.82) is 0 Å². The SMILES string of the molecule is CCc1cc(C=O)ccc1-c1ccc(C(O)(C(F)(F)F)C(F)(F)F)cn1. The lowest BCUT2D eigenvalue weighted by atomic mass is 9.92. The second-order valence-electron chi connectivity index (χ2n) is 5.53. The number of rotatable bonds is 4. The van der Waals surface area contributed by atoms with Gasteiger partial charge in [-0.1, -0.05) is 25.1 Å². The number of benzene rings is 1. The average molecular weight is 377 g/mol. The molecule has 0 radical (unpaired) electrons. The summed E-state index contributed by atoms with van der Waals surface area (Å²) in [6.45, 7) is 1.77. The summed E-state index contributed by atoms with van der Waals surface area (Å²) in [7, 11) is 0. The maximum absolute atomic E-state index is 12.9. The van der Waals surface area contributed by atoms with E-state index in [4.69, 9.17) is 0 Å². The van der Waals surface area contributed by atoms with Crippen molar-refractivity contribution >= 4 is 6.29 Å². The lowest BCUT2D eigenvalue weighted by molar-refractivity contribution is -0.376. The molecule has 0 saturated heterocycles. The Kier molecular flexibility index (Phi) is 5.14. The first-order valence-electron chi connectivity index (χ1n) is 7.36. The molecular formula is C17H13F6NO2. The second kappa shape index (κ2) is 6.71. The highest BCUT2D eigenvalue weighted by Crippen LogP contribution is 2.49. The van der Waals surface area contributed by atoms with Crippen molar-refractivity contribution in [2.45, 2.75) is 31.3 Å². The summed E-state index contributed by atoms with van der Waals surface area (Å²) >= 11 is 0. The molecule has 0 saturated carbocycles. The Morgan fingerprint density at radius 2 is 1.65 bits per heavy atom. The number of aromatic nitrogens is 1. The van der Waals surface area contributed by atoms with Crippen molar-refractivity contribution in [3.8, 4) is 11.3 Å². The summed E-state index contributed by atoms with van der Waals surface area (Å²) in [5.41, 5.74) is -4.83. The van der Waals surface area contributed by atoms with E-state index >= 15 is 0 Å². The summed E-state index contributed by atoms with van der Waals surface area (Å²) in [5, 5.41) is 9.36. The van der Waals surface area contributed by atoms with Crippen LogP contribution in [-0.2, 0) is 12.0 Å². The molecule has 0 spiro atoms. The molecule has 3 nitrogen and oxygen atoms in total. The maximum Gasteiger partial charge on any atom is 0.430 e. The van der Waals surface area contributed by atoms with E-state index in [0.29, 0.717) is 41.7 Å². The van der Waals surface area contributed by atoms with Crippen LogP contribution in [0.5, 0.6) is 0 Å². The van der Waals surface area contributed by atoms with Crippen LogP contribution < -0.4 is 0 Å². The quantitative estimate of drug-likeness (QED) is 0.633. The minimum atomic E-state index is -5.96. The third-order valence-corrected chi connectivity index (χ3v) is 3.92. The van der Waals surface area contributed by atoms with Gasteiger partial charge in [0.2, 0.25) is 0 Å². The third-order valence-electron chi connectivity index (χ3n) is 3.92. The van der Waals surface area contributed by atoms with E-state index in [1.165, 1.54) is 12.1 Å². The molecule has 0 bridgehead atoms. The number of hydrogen-bond donors (Lipinski definition) is 1. The molecule has 9 heteroatoms. The number of aldehydes is 1. The van der Waals surface area contributed by atoms with Crippen LogP contribution in [0.4, 0.5) is 26.3 Å². The van der Waals surface area contributed by atoms with Crippen molar-refractivity contribution in [3.05, 3.63) is 53.2 Å². The molecular weight excluding hydrogens is 364 g/mol. The van der Waals surface area contributed by atoms with Gasteiger partial charge in [0.05, 0.1) is 5.69 Å². The van der Waals surface area contributed by atoms with Gasteiger partial charge in [0, 0.05) is 22.9 Å². The highest BCUT2D eigenvalue weighted by atomic mass is 19.4. The van der Waals surface area contributed by atoms with E-state index in [-0.39, 0.29) is 5.69 Å². The van der Waals surface area contributed by atoms with Crippen molar-refractivity contribution in [3.63, 3.8) is 0 Å². The number of halogens is 6. The number of aliphatic hydroxyl groups is 1. The predicted octanol–water partition coefficient (Wildman–Crippen LogP) is 4.44. The molecule has 1 heterocycles. The highest BCUT2D eigenvalue weighted by molar-refractivity contribution is 5.78. The monoisotopic (exact) mass is 377 g/mol. The maximum atomic E-state index is 12.9. The lowest BCUT2D eigenvalue weighted by Crippen LogP contribution is -2.53. The van der Waals surface area contributed by atoms with Gasteiger partial charge < -0.3 is 5.11 Å². The zero-order valence-electron chi connectivity index (χ0n) is 13.3. The van der Waals surface area contributed by atoms with Gasteiger partial charge in [0.1, 0.15) is 6.29 Å². The van der Waals surface area contributed by atoms with Gasteiger partial charge in [-0.25, -0.2) is 0 Å². The molecule has 0 aliphatic heterocycles. The minimum absolute atomic E-state index is 0.120. The van der Waals surface area contributed by atoms with Crippen LogP contribution in [0.15, 0.2) is 36.5 Å². The first-order valence-corrected chi connectivity index (χ1v) is 7.36. The molecule has 2 aromatic rings. The van der Waals surface area contributed by atoms with Gasteiger partial charge >= 0.3 is 12.4 Å². The van der Waals surface area contributed by atoms with Crippen LogP contribution in [0.1, 0.15) is 28.4 Å². The van der Waals surface area contributed by atoms with Crippen LogP contribution >= 0.6 is 0 Å². The summed E-state index contributed by atoms with van der Waals surface area (Å²) < 4.78 is 77.3. The Bertz CT molecular complexity index is 782. The van der Waals surface area contributed by atoms with E-state index in [0.717, 1.165) is 6.07 Å². The first-order chi connectivity index (χ1) is 12.0. The Balaban J connectivity index is 2.53. The first kappa shape index (κ1) is 19.9. The van der Waals surface area contributed by atoms with E-state index in [2.05, 4.69) is 4.98 Å². The van der Waals surface area contributed by atoms with Crippen LogP contribution in [0.25, 0.3) is 11.3 Å². The molecule has 26 heavy (non-hydrogen) atoms. The minimum Gasteiger partial charge on any atom is -0.369 e. The number of aryl methyl sites for hydroxylation is 1. The molecule has 0 fully saturated rings. The average Bonchev–Trinajstić information content (AvgIpc) is 2.58. The fourth-order valence-electron chi connectivity index (χ4n) is 2.48. The largest absolute Gasteiger partial charge is 0.430 e. The van der Waals surface area contributed by atoms with Gasteiger partial charge in [0.15, 0.2) is 0 Å². The zero-order chi connectivity index (χ0) is 19.8. The van der Waals surface area contributed by atoms with E-state index in [9.17, 15) is 36.2 Å². The van der Waals surface area contributed by atoms with E-state index in [1.807, 2.05) is 0 Å². The molecule has 0 aliphatic carbocycles. The topological polar surface area (TPSA) is 50.2 Å². The fourth-order valence-corrected chi connectivity index (χ4v) is 2.48. The number of pyridine rings is 1. The van der Waals surface area contributed by atoms with Crippen LogP contribution in [0.2, 0.25) is 0 Å². The summed E-state index contributed by atoms with van der Waals surface area (Å²) in [6, 6.07) is 6.02. The number of nitrogens with zero attached hydrogens (tertiary/aromatic N) is 1. The summed E-state index contributed by atoms with van der Waals surface area (Å²) in [6.07, 6.45) is -10.5. The Morgan fingerprint density at radius 1 is 1.04 bits per heavy atom. The van der Waals surface area contributed by atoms with Crippen LogP contribution in [0, 0.1) is 0 Å². The normalized spacial score (nSPS) is 12.9. The predicted molar refractivity (Wildman–Crippen MR) is 80.4 cm³/mol. The van der Waals surface area contributed by atoms with Crippen LogP contribution in [0.3, 0.4) is 0 Å². The molecule has 140 valence electrons. The molecule has 2 rings (SSSR count). The molecule has 0 amide bonds. The van der Waals surface area contributed by atoms with Gasteiger partial charge in [-0.3, -0.25) is 9.78 Å². The van der Waals surface area contributed by atoms with E-state index < -0.39 is 23.5 Å². The molecule has 0 unspecified atom stereocenters. The smallest absolute Gasteiger partial charge is 0.369 e. The van der Waals surface area contributed by atoms with Crippen molar-refractivity contribution in [1.82, 2.24) is 4.98 Å². The standard InChI is InChI=1S/C17H13F6NO2/c1-2-11-7-10(9-25)3-5-13(11)14-6-4-12(8-24-14)15(26,16(18,19)20)17(21,22)23/h3-9,26H,2H2,1H3. The third kappa shape index (κ3) is 3.31. The molecule has 1 N–H and O–H groups in total. The Labute approximate surface area is 144 Å². The lowest BCUT2D eigenvalue weighted by Gasteiger charge is -2.32. The zero-order valence-corrected chi connectivity index (χ0v) is 13.3. The summed E-state index contributed by atoms with van der Waals surface area (Å²) in [4.78, 5) is 14.5. The van der Waals surface area contributed by atoms with Crippen LogP contribution in [-0.4, -0.2) is 28.7 Å². The number of hydrogen-bond acceptors (Lipinski definition) is 3. The molecule has 0 aliphatic rings. The van der Waals surface area contributed by atoms with Gasteiger partial charge in [-0.05, 0) is 24.1 Å². The molecule has 1 aromatic carbocycles. The van der Waals surface area contributed by atoms with Gasteiger partial charge in [0.25, 0.3) is 5.60 Å².